The normalized spacial score (nSPS) is 18.8. The second-order valence-corrected chi connectivity index (χ2v) is 4.75. The number of halogens is 2. The summed E-state index contributed by atoms with van der Waals surface area (Å²) in [6.07, 6.45) is 1.58. The molecule has 1 unspecified atom stereocenters. The number of carbonyl (C=O) groups excluding carboxylic acids is 1. The lowest BCUT2D eigenvalue weighted by Gasteiger charge is -2.31. The van der Waals surface area contributed by atoms with Gasteiger partial charge in [0.2, 0.25) is 0 Å². The van der Waals surface area contributed by atoms with Crippen LogP contribution in [0.2, 0.25) is 0 Å². The molecule has 19 heavy (non-hydrogen) atoms. The summed E-state index contributed by atoms with van der Waals surface area (Å²) >= 11 is 3.01. The molecule has 0 radical (unpaired) electrons. The molecular formula is C12H10BrFN2O3. The number of nitrogens with zero attached hydrogens (tertiary/aromatic N) is 2. The molecule has 2 amide bonds. The van der Waals surface area contributed by atoms with Crippen LogP contribution >= 0.6 is 16.1 Å². The second kappa shape index (κ2) is 5.40. The van der Waals surface area contributed by atoms with Gasteiger partial charge in [0.1, 0.15) is 11.9 Å². The number of benzene rings is 1. The van der Waals surface area contributed by atoms with Gasteiger partial charge in [-0.05, 0) is 17.7 Å². The molecule has 0 spiro atoms. The fourth-order valence-corrected chi connectivity index (χ4v) is 2.14. The van der Waals surface area contributed by atoms with Gasteiger partial charge >= 0.3 is 6.09 Å². The minimum absolute atomic E-state index is 0.178. The third-order valence-corrected chi connectivity index (χ3v) is 3.34. The fourth-order valence-electron chi connectivity index (χ4n) is 1.80. The largest absolute Gasteiger partial charge is 0.465 e. The molecule has 1 N–H and O–H groups in total. The number of carboxylic acid groups (broad SMARTS) is 1. The minimum Gasteiger partial charge on any atom is -0.465 e. The maximum atomic E-state index is 12.8. The Kier molecular flexibility index (Phi) is 3.84. The molecule has 0 bridgehead atoms. The number of carbonyl (C=O) groups is 2. The zero-order valence-corrected chi connectivity index (χ0v) is 11.2. The summed E-state index contributed by atoms with van der Waals surface area (Å²) in [6.45, 7) is 0. The van der Waals surface area contributed by atoms with Crippen LogP contribution < -0.4 is 0 Å². The standard InChI is InChI=1S/C12H10BrFN2O3/c13-16-6-5-15(12(18)19)10(11(16)17)7-8-1-3-9(14)4-2-8/h1-6,10H,7H2,(H,18,19). The minimum atomic E-state index is -1.21. The van der Waals surface area contributed by atoms with Crippen molar-refractivity contribution in [2.75, 3.05) is 0 Å². The van der Waals surface area contributed by atoms with Crippen LogP contribution in [0, 0.1) is 5.82 Å². The quantitative estimate of drug-likeness (QED) is 0.847. The molecule has 1 aliphatic rings. The van der Waals surface area contributed by atoms with E-state index in [2.05, 4.69) is 16.1 Å². The van der Waals surface area contributed by atoms with Gasteiger partial charge in [-0.25, -0.2) is 9.18 Å². The van der Waals surface area contributed by atoms with Crippen LogP contribution in [0.25, 0.3) is 0 Å². The smallest absolute Gasteiger partial charge is 0.412 e. The van der Waals surface area contributed by atoms with Crippen molar-refractivity contribution in [3.05, 3.63) is 48.0 Å². The summed E-state index contributed by atoms with van der Waals surface area (Å²) in [5.74, 6) is -0.773. The first-order valence-corrected chi connectivity index (χ1v) is 6.13. The van der Waals surface area contributed by atoms with Crippen molar-refractivity contribution in [3.8, 4) is 0 Å². The average molecular weight is 329 g/mol. The number of amides is 2. The first kappa shape index (κ1) is 13.5. The second-order valence-electron chi connectivity index (χ2n) is 3.98. The molecule has 1 aromatic rings. The van der Waals surface area contributed by atoms with E-state index in [9.17, 15) is 14.0 Å². The van der Waals surface area contributed by atoms with E-state index in [1.54, 1.807) is 0 Å². The number of hydrogen-bond donors (Lipinski definition) is 1. The topological polar surface area (TPSA) is 60.9 Å². The van der Waals surface area contributed by atoms with Crippen molar-refractivity contribution in [2.24, 2.45) is 0 Å². The third kappa shape index (κ3) is 2.93. The molecule has 0 fully saturated rings. The van der Waals surface area contributed by atoms with E-state index in [0.29, 0.717) is 5.56 Å². The van der Waals surface area contributed by atoms with Crippen molar-refractivity contribution in [2.45, 2.75) is 12.5 Å². The van der Waals surface area contributed by atoms with Gasteiger partial charge in [0.25, 0.3) is 5.91 Å². The van der Waals surface area contributed by atoms with Crippen molar-refractivity contribution >= 4 is 28.1 Å². The van der Waals surface area contributed by atoms with Crippen molar-refractivity contribution in [1.82, 2.24) is 8.83 Å². The van der Waals surface area contributed by atoms with E-state index in [-0.39, 0.29) is 12.2 Å². The molecule has 1 aromatic carbocycles. The Morgan fingerprint density at radius 2 is 1.95 bits per heavy atom. The van der Waals surface area contributed by atoms with E-state index in [0.717, 1.165) is 8.83 Å². The molecule has 5 nitrogen and oxygen atoms in total. The van der Waals surface area contributed by atoms with E-state index in [1.807, 2.05) is 0 Å². The Hall–Kier alpha value is -1.89. The summed E-state index contributed by atoms with van der Waals surface area (Å²) in [6, 6.07) is 4.73. The molecular weight excluding hydrogens is 319 g/mol. The maximum absolute atomic E-state index is 12.8. The molecule has 0 aromatic heterocycles. The van der Waals surface area contributed by atoms with E-state index in [4.69, 9.17) is 5.11 Å². The summed E-state index contributed by atoms with van der Waals surface area (Å²) in [7, 11) is 0. The molecule has 1 atom stereocenters. The average Bonchev–Trinajstić information content (AvgIpc) is 2.37. The van der Waals surface area contributed by atoms with Crippen LogP contribution in [0.4, 0.5) is 9.18 Å². The first-order chi connectivity index (χ1) is 8.99. The summed E-state index contributed by atoms with van der Waals surface area (Å²) < 4.78 is 14.0. The predicted molar refractivity (Wildman–Crippen MR) is 68.7 cm³/mol. The van der Waals surface area contributed by atoms with Gasteiger partial charge in [0.15, 0.2) is 0 Å². The van der Waals surface area contributed by atoms with E-state index < -0.39 is 18.0 Å². The van der Waals surface area contributed by atoms with Gasteiger partial charge in [0, 0.05) is 18.8 Å². The molecule has 0 aliphatic carbocycles. The fraction of sp³-hybridized carbons (Fsp3) is 0.167. The first-order valence-electron chi connectivity index (χ1n) is 5.42. The van der Waals surface area contributed by atoms with E-state index in [1.165, 1.54) is 36.7 Å². The van der Waals surface area contributed by atoms with Crippen LogP contribution in [0.5, 0.6) is 0 Å². The van der Waals surface area contributed by atoms with Gasteiger partial charge in [-0.1, -0.05) is 12.1 Å². The predicted octanol–water partition coefficient (Wildman–Crippen LogP) is 2.34. The molecule has 2 rings (SSSR count). The Morgan fingerprint density at radius 3 is 2.53 bits per heavy atom. The number of hydrogen-bond acceptors (Lipinski definition) is 2. The SMILES string of the molecule is O=C1C(Cc2ccc(F)cc2)N(C(=O)O)C=CN1Br. The van der Waals surface area contributed by atoms with Gasteiger partial charge in [-0.3, -0.25) is 13.6 Å². The van der Waals surface area contributed by atoms with Crippen LogP contribution in [0.3, 0.4) is 0 Å². The lowest BCUT2D eigenvalue weighted by molar-refractivity contribution is -0.129. The van der Waals surface area contributed by atoms with Gasteiger partial charge < -0.3 is 5.11 Å². The van der Waals surface area contributed by atoms with Gasteiger partial charge in [-0.2, -0.15) is 0 Å². The highest BCUT2D eigenvalue weighted by molar-refractivity contribution is 9.07. The van der Waals surface area contributed by atoms with Crippen molar-refractivity contribution < 1.29 is 19.1 Å². The molecule has 1 aliphatic heterocycles. The molecule has 0 saturated carbocycles. The van der Waals surface area contributed by atoms with Crippen LogP contribution in [0.15, 0.2) is 36.7 Å². The molecule has 7 heteroatoms. The van der Waals surface area contributed by atoms with Crippen LogP contribution in [-0.2, 0) is 11.2 Å². The van der Waals surface area contributed by atoms with Crippen LogP contribution in [-0.4, -0.2) is 32.0 Å². The molecule has 0 saturated heterocycles. The Bertz CT molecular complexity index is 532. The Labute approximate surface area is 117 Å². The Balaban J connectivity index is 2.24. The molecule has 100 valence electrons. The highest BCUT2D eigenvalue weighted by Gasteiger charge is 2.34. The van der Waals surface area contributed by atoms with Crippen LogP contribution in [0.1, 0.15) is 5.56 Å². The summed E-state index contributed by atoms with van der Waals surface area (Å²) in [5.41, 5.74) is 0.683. The lowest BCUT2D eigenvalue weighted by atomic mass is 10.0. The van der Waals surface area contributed by atoms with Crippen molar-refractivity contribution in [3.63, 3.8) is 0 Å². The highest BCUT2D eigenvalue weighted by atomic mass is 79.9. The van der Waals surface area contributed by atoms with Gasteiger partial charge in [-0.15, -0.1) is 0 Å². The zero-order chi connectivity index (χ0) is 14.0. The zero-order valence-electron chi connectivity index (χ0n) is 9.66. The summed E-state index contributed by atoms with van der Waals surface area (Å²) in [5, 5.41) is 9.06. The Morgan fingerprint density at radius 1 is 1.32 bits per heavy atom. The number of rotatable bonds is 2. The lowest BCUT2D eigenvalue weighted by Crippen LogP contribution is -2.48. The highest BCUT2D eigenvalue weighted by Crippen LogP contribution is 2.19. The maximum Gasteiger partial charge on any atom is 0.412 e. The van der Waals surface area contributed by atoms with Gasteiger partial charge in [0.05, 0.1) is 16.1 Å². The van der Waals surface area contributed by atoms with Crippen molar-refractivity contribution in [1.29, 1.82) is 0 Å². The third-order valence-electron chi connectivity index (χ3n) is 2.75. The van der Waals surface area contributed by atoms with E-state index >= 15 is 0 Å². The molecule has 1 heterocycles. The summed E-state index contributed by atoms with van der Waals surface area (Å²) in [4.78, 5) is 24.0. The monoisotopic (exact) mass is 328 g/mol.